The number of hydrogen-bond acceptors (Lipinski definition) is 4. The molecule has 2 amide bonds. The summed E-state index contributed by atoms with van der Waals surface area (Å²) < 4.78 is 13.8. The molecule has 7 heteroatoms. The Balaban J connectivity index is 0.00000127. The van der Waals surface area contributed by atoms with Gasteiger partial charge < -0.3 is 20.1 Å². The molecule has 0 bridgehead atoms. The molecule has 2 fully saturated rings. The van der Waals surface area contributed by atoms with Gasteiger partial charge in [0.05, 0.1) is 6.04 Å². The van der Waals surface area contributed by atoms with E-state index in [0.29, 0.717) is 13.0 Å². The third kappa shape index (κ3) is 4.50. The Labute approximate surface area is 136 Å². The summed E-state index contributed by atoms with van der Waals surface area (Å²) in [5.74, 6) is -1.01. The number of aldehydes is 1. The lowest BCUT2D eigenvalue weighted by atomic mass is 9.85. The van der Waals surface area contributed by atoms with Crippen LogP contribution in [0, 0.1) is 5.41 Å². The Morgan fingerprint density at radius 1 is 1.35 bits per heavy atom. The Morgan fingerprint density at radius 2 is 1.91 bits per heavy atom. The van der Waals surface area contributed by atoms with Crippen LogP contribution in [0.3, 0.4) is 0 Å². The van der Waals surface area contributed by atoms with Gasteiger partial charge in [0.2, 0.25) is 5.91 Å². The van der Waals surface area contributed by atoms with Crippen molar-refractivity contribution in [3.8, 4) is 0 Å². The average Bonchev–Trinajstić information content (AvgIpc) is 3.08. The van der Waals surface area contributed by atoms with Crippen molar-refractivity contribution >= 4 is 18.1 Å². The normalized spacial score (nSPS) is 23.4. The summed E-state index contributed by atoms with van der Waals surface area (Å²) in [5.41, 5.74) is -2.35. The van der Waals surface area contributed by atoms with E-state index in [4.69, 9.17) is 5.11 Å². The van der Waals surface area contributed by atoms with E-state index in [2.05, 4.69) is 5.32 Å². The van der Waals surface area contributed by atoms with Crippen molar-refractivity contribution in [1.29, 1.82) is 0 Å². The van der Waals surface area contributed by atoms with Crippen molar-refractivity contribution in [1.82, 2.24) is 10.2 Å². The second kappa shape index (κ2) is 7.38. The number of halogens is 1. The average molecular weight is 330 g/mol. The highest BCUT2D eigenvalue weighted by molar-refractivity contribution is 5.94. The van der Waals surface area contributed by atoms with Gasteiger partial charge in [0.1, 0.15) is 12.3 Å². The fraction of sp³-hybridized carbons (Fsp3) is 0.812. The summed E-state index contributed by atoms with van der Waals surface area (Å²) in [5, 5.41) is 9.56. The van der Waals surface area contributed by atoms with Crippen LogP contribution < -0.4 is 5.32 Å². The van der Waals surface area contributed by atoms with E-state index in [1.165, 1.54) is 4.90 Å². The maximum atomic E-state index is 13.8. The standard InChI is InChI=1S/C15H23FN2O3.CH4O/c1-14(2,3)11(17-13(21)15(16)6-7-15)12(20)18-8-4-5-10(18)9-19;1-2/h9-11H,4-8H2,1-3H3,(H,17,21);2H,1H3. The van der Waals surface area contributed by atoms with E-state index in [1.54, 1.807) is 0 Å². The van der Waals surface area contributed by atoms with Gasteiger partial charge in [0.25, 0.3) is 5.91 Å². The molecule has 0 spiro atoms. The summed E-state index contributed by atoms with van der Waals surface area (Å²) in [4.78, 5) is 37.1. The summed E-state index contributed by atoms with van der Waals surface area (Å²) >= 11 is 0. The van der Waals surface area contributed by atoms with Crippen LogP contribution in [0.2, 0.25) is 0 Å². The zero-order chi connectivity index (χ0) is 17.8. The number of amides is 2. The highest BCUT2D eigenvalue weighted by Gasteiger charge is 2.52. The molecule has 0 aromatic carbocycles. The van der Waals surface area contributed by atoms with E-state index < -0.39 is 29.1 Å². The fourth-order valence-corrected chi connectivity index (χ4v) is 2.62. The van der Waals surface area contributed by atoms with E-state index in [1.807, 2.05) is 20.8 Å². The Kier molecular flexibility index (Phi) is 6.27. The highest BCUT2D eigenvalue weighted by atomic mass is 19.1. The van der Waals surface area contributed by atoms with Gasteiger partial charge in [0, 0.05) is 13.7 Å². The fourth-order valence-electron chi connectivity index (χ4n) is 2.62. The second-order valence-electron chi connectivity index (χ2n) is 7.12. The number of aliphatic hydroxyl groups excluding tert-OH is 1. The lowest BCUT2D eigenvalue weighted by Crippen LogP contribution is -2.57. The van der Waals surface area contributed by atoms with Crippen LogP contribution in [-0.2, 0) is 14.4 Å². The summed E-state index contributed by atoms with van der Waals surface area (Å²) in [7, 11) is 1.00. The monoisotopic (exact) mass is 330 g/mol. The lowest BCUT2D eigenvalue weighted by molar-refractivity contribution is -0.142. The molecule has 23 heavy (non-hydrogen) atoms. The molecule has 2 N–H and O–H groups in total. The minimum absolute atomic E-state index is 0.213. The molecule has 2 rings (SSSR count). The SMILES string of the molecule is CC(C)(C)C(NC(=O)C1(F)CC1)C(=O)N1CCCC1C=O.CO. The number of nitrogens with one attached hydrogen (secondary N) is 1. The number of rotatable bonds is 4. The van der Waals surface area contributed by atoms with E-state index in [0.717, 1.165) is 19.8 Å². The van der Waals surface area contributed by atoms with Crippen molar-refractivity contribution in [3.63, 3.8) is 0 Å². The molecule has 132 valence electrons. The molecular formula is C16H27FN2O4. The van der Waals surface area contributed by atoms with Crippen LogP contribution in [-0.4, -0.2) is 59.5 Å². The second-order valence-corrected chi connectivity index (χ2v) is 7.12. The minimum Gasteiger partial charge on any atom is -0.400 e. The number of hydrogen-bond donors (Lipinski definition) is 2. The van der Waals surface area contributed by atoms with Crippen LogP contribution in [0.15, 0.2) is 0 Å². The summed E-state index contributed by atoms with van der Waals surface area (Å²) in [6.45, 7) is 5.96. The van der Waals surface area contributed by atoms with Crippen molar-refractivity contribution in [2.45, 2.75) is 64.2 Å². The molecule has 1 saturated heterocycles. The zero-order valence-corrected chi connectivity index (χ0v) is 14.3. The first-order valence-corrected chi connectivity index (χ1v) is 7.89. The molecule has 2 atom stereocenters. The molecular weight excluding hydrogens is 303 g/mol. The van der Waals surface area contributed by atoms with Crippen molar-refractivity contribution < 1.29 is 23.9 Å². The largest absolute Gasteiger partial charge is 0.400 e. The molecule has 6 nitrogen and oxygen atoms in total. The molecule has 0 aromatic heterocycles. The first kappa shape index (κ1) is 19.5. The molecule has 1 aliphatic carbocycles. The molecule has 2 aliphatic rings. The van der Waals surface area contributed by atoms with Gasteiger partial charge in [-0.05, 0) is 31.1 Å². The van der Waals surface area contributed by atoms with Gasteiger partial charge in [-0.15, -0.1) is 0 Å². The number of alkyl halides is 1. The van der Waals surface area contributed by atoms with Gasteiger partial charge in [0.15, 0.2) is 5.67 Å². The van der Waals surface area contributed by atoms with Gasteiger partial charge in [-0.3, -0.25) is 9.59 Å². The van der Waals surface area contributed by atoms with Crippen molar-refractivity contribution in [3.05, 3.63) is 0 Å². The molecule has 1 heterocycles. The molecule has 0 radical (unpaired) electrons. The number of likely N-dealkylation sites (tertiary alicyclic amines) is 1. The van der Waals surface area contributed by atoms with Gasteiger partial charge >= 0.3 is 0 Å². The maximum absolute atomic E-state index is 13.8. The number of carbonyl (C=O) groups is 3. The zero-order valence-electron chi connectivity index (χ0n) is 14.3. The third-order valence-electron chi connectivity index (χ3n) is 4.22. The van der Waals surface area contributed by atoms with Gasteiger partial charge in [-0.2, -0.15) is 0 Å². The van der Waals surface area contributed by atoms with Gasteiger partial charge in [-0.25, -0.2) is 4.39 Å². The van der Waals surface area contributed by atoms with E-state index in [9.17, 15) is 18.8 Å². The third-order valence-corrected chi connectivity index (χ3v) is 4.22. The Hall–Kier alpha value is -1.50. The maximum Gasteiger partial charge on any atom is 0.258 e. The summed E-state index contributed by atoms with van der Waals surface area (Å²) in [6.07, 6.45) is 2.61. The first-order chi connectivity index (χ1) is 10.7. The van der Waals surface area contributed by atoms with Crippen LogP contribution in [0.5, 0.6) is 0 Å². The Bertz CT molecular complexity index is 457. The first-order valence-electron chi connectivity index (χ1n) is 7.89. The molecule has 1 aliphatic heterocycles. The van der Waals surface area contributed by atoms with Gasteiger partial charge in [-0.1, -0.05) is 20.8 Å². The van der Waals surface area contributed by atoms with E-state index in [-0.39, 0.29) is 18.7 Å². The van der Waals surface area contributed by atoms with Crippen LogP contribution in [0.25, 0.3) is 0 Å². The van der Waals surface area contributed by atoms with Crippen LogP contribution in [0.4, 0.5) is 4.39 Å². The van der Waals surface area contributed by atoms with Crippen molar-refractivity contribution in [2.75, 3.05) is 13.7 Å². The number of aliphatic hydroxyl groups is 1. The smallest absolute Gasteiger partial charge is 0.258 e. The topological polar surface area (TPSA) is 86.7 Å². The number of nitrogens with zero attached hydrogens (tertiary/aromatic N) is 1. The molecule has 0 aromatic rings. The number of carbonyl (C=O) groups excluding carboxylic acids is 3. The predicted octanol–water partition coefficient (Wildman–Crippen LogP) is 0.818. The highest BCUT2D eigenvalue weighted by Crippen LogP contribution is 2.40. The molecule has 1 saturated carbocycles. The lowest BCUT2D eigenvalue weighted by Gasteiger charge is -2.35. The summed E-state index contributed by atoms with van der Waals surface area (Å²) in [6, 6.07) is -1.25. The van der Waals surface area contributed by atoms with Crippen molar-refractivity contribution in [2.24, 2.45) is 5.41 Å². The van der Waals surface area contributed by atoms with Crippen LogP contribution in [0.1, 0.15) is 46.5 Å². The van der Waals surface area contributed by atoms with Crippen LogP contribution >= 0.6 is 0 Å². The van der Waals surface area contributed by atoms with E-state index >= 15 is 0 Å². The minimum atomic E-state index is -1.81. The quantitative estimate of drug-likeness (QED) is 0.747. The predicted molar refractivity (Wildman–Crippen MR) is 83.4 cm³/mol. The molecule has 2 unspecified atom stereocenters. The Morgan fingerprint density at radius 3 is 2.35 bits per heavy atom.